The molecule has 2 nitrogen and oxygen atoms in total. The third kappa shape index (κ3) is 2.18. The zero-order chi connectivity index (χ0) is 10.0. The summed E-state index contributed by atoms with van der Waals surface area (Å²) < 4.78 is 5.41. The molecular formula is C12H19NO. The molecule has 0 radical (unpaired) electrons. The van der Waals surface area contributed by atoms with Gasteiger partial charge in [0.15, 0.2) is 0 Å². The van der Waals surface area contributed by atoms with Crippen molar-refractivity contribution in [3.05, 3.63) is 24.2 Å². The van der Waals surface area contributed by atoms with Crippen LogP contribution in [0.5, 0.6) is 0 Å². The quantitative estimate of drug-likeness (QED) is 0.777. The molecule has 1 fully saturated rings. The molecule has 0 bridgehead atoms. The fourth-order valence-electron chi connectivity index (χ4n) is 1.70. The molecule has 1 aliphatic carbocycles. The summed E-state index contributed by atoms with van der Waals surface area (Å²) in [7, 11) is 0. The fourth-order valence-corrected chi connectivity index (χ4v) is 1.70. The lowest BCUT2D eigenvalue weighted by Crippen LogP contribution is -2.26. The van der Waals surface area contributed by atoms with Gasteiger partial charge in [0.2, 0.25) is 0 Å². The summed E-state index contributed by atoms with van der Waals surface area (Å²) in [4.78, 5) is 0. The average molecular weight is 193 g/mol. The van der Waals surface area contributed by atoms with Gasteiger partial charge >= 0.3 is 0 Å². The van der Waals surface area contributed by atoms with Crippen LogP contribution in [-0.2, 0) is 0 Å². The van der Waals surface area contributed by atoms with Crippen molar-refractivity contribution in [3.8, 4) is 0 Å². The second-order valence-electron chi connectivity index (χ2n) is 4.67. The van der Waals surface area contributed by atoms with E-state index in [1.54, 1.807) is 6.26 Å². The molecule has 1 aromatic rings. The Morgan fingerprint density at radius 2 is 2.36 bits per heavy atom. The smallest absolute Gasteiger partial charge is 0.120 e. The van der Waals surface area contributed by atoms with Crippen LogP contribution in [0.15, 0.2) is 22.8 Å². The first-order chi connectivity index (χ1) is 6.73. The van der Waals surface area contributed by atoms with Crippen LogP contribution >= 0.6 is 0 Å². The van der Waals surface area contributed by atoms with Crippen molar-refractivity contribution >= 4 is 0 Å². The molecule has 14 heavy (non-hydrogen) atoms. The van der Waals surface area contributed by atoms with Gasteiger partial charge in [-0.25, -0.2) is 0 Å². The second kappa shape index (κ2) is 3.77. The van der Waals surface area contributed by atoms with Crippen molar-refractivity contribution < 1.29 is 4.42 Å². The van der Waals surface area contributed by atoms with Gasteiger partial charge in [-0.3, -0.25) is 0 Å². The van der Waals surface area contributed by atoms with Crippen molar-refractivity contribution in [2.75, 3.05) is 6.54 Å². The zero-order valence-electron chi connectivity index (χ0n) is 9.05. The molecule has 1 aliphatic rings. The number of rotatable bonds is 5. The van der Waals surface area contributed by atoms with Crippen LogP contribution in [0.1, 0.15) is 44.9 Å². The lowest BCUT2D eigenvalue weighted by atomic mass is 10.1. The average Bonchev–Trinajstić information content (AvgIpc) is 2.69. The zero-order valence-corrected chi connectivity index (χ0v) is 9.05. The van der Waals surface area contributed by atoms with Gasteiger partial charge in [-0.1, -0.05) is 13.8 Å². The number of hydrogen-bond donors (Lipinski definition) is 1. The van der Waals surface area contributed by atoms with E-state index < -0.39 is 0 Å². The molecule has 1 heterocycles. The molecule has 1 N–H and O–H groups in total. The molecule has 0 aliphatic heterocycles. The van der Waals surface area contributed by atoms with Crippen LogP contribution in [0.2, 0.25) is 0 Å². The summed E-state index contributed by atoms with van der Waals surface area (Å²) in [5.74, 6) is 1.07. The van der Waals surface area contributed by atoms with Gasteiger partial charge in [-0.2, -0.15) is 0 Å². The minimum absolute atomic E-state index is 0.391. The molecule has 0 aromatic carbocycles. The van der Waals surface area contributed by atoms with Crippen molar-refractivity contribution in [1.29, 1.82) is 0 Å². The van der Waals surface area contributed by atoms with Crippen molar-refractivity contribution in [2.45, 2.75) is 39.2 Å². The summed E-state index contributed by atoms with van der Waals surface area (Å²) in [6.45, 7) is 5.65. The predicted molar refractivity (Wildman–Crippen MR) is 57.1 cm³/mol. The molecule has 0 spiro atoms. The van der Waals surface area contributed by atoms with E-state index in [2.05, 4.69) is 25.2 Å². The van der Waals surface area contributed by atoms with E-state index in [9.17, 15) is 0 Å². The normalized spacial score (nSPS) is 20.7. The SMILES string of the molecule is CCC(NCC1(C)CC1)c1ccco1. The fraction of sp³-hybridized carbons (Fsp3) is 0.667. The molecule has 1 saturated carbocycles. The van der Waals surface area contributed by atoms with Crippen LogP contribution in [-0.4, -0.2) is 6.54 Å². The van der Waals surface area contributed by atoms with Gasteiger partial charge < -0.3 is 9.73 Å². The highest BCUT2D eigenvalue weighted by molar-refractivity contribution is 5.04. The lowest BCUT2D eigenvalue weighted by molar-refractivity contribution is 0.373. The first-order valence-electron chi connectivity index (χ1n) is 5.50. The van der Waals surface area contributed by atoms with Gasteiger partial charge in [0.25, 0.3) is 0 Å². The highest BCUT2D eigenvalue weighted by Crippen LogP contribution is 2.44. The standard InChI is InChI=1S/C12H19NO/c1-3-10(11-5-4-8-14-11)13-9-12(2)6-7-12/h4-5,8,10,13H,3,6-7,9H2,1-2H3. The van der Waals surface area contributed by atoms with Crippen LogP contribution in [0, 0.1) is 5.41 Å². The van der Waals surface area contributed by atoms with E-state index in [0.29, 0.717) is 11.5 Å². The van der Waals surface area contributed by atoms with Gasteiger partial charge in [-0.05, 0) is 36.8 Å². The number of hydrogen-bond acceptors (Lipinski definition) is 2. The van der Waals surface area contributed by atoms with Gasteiger partial charge in [0, 0.05) is 6.54 Å². The summed E-state index contributed by atoms with van der Waals surface area (Å²) >= 11 is 0. The Balaban J connectivity index is 1.87. The third-order valence-electron chi connectivity index (χ3n) is 3.17. The van der Waals surface area contributed by atoms with E-state index >= 15 is 0 Å². The molecule has 0 amide bonds. The Kier molecular flexibility index (Phi) is 2.64. The van der Waals surface area contributed by atoms with Gasteiger partial charge in [0.05, 0.1) is 12.3 Å². The highest BCUT2D eigenvalue weighted by Gasteiger charge is 2.37. The van der Waals surface area contributed by atoms with Crippen LogP contribution in [0.4, 0.5) is 0 Å². The van der Waals surface area contributed by atoms with Crippen LogP contribution in [0.3, 0.4) is 0 Å². The van der Waals surface area contributed by atoms with Crippen LogP contribution in [0.25, 0.3) is 0 Å². The van der Waals surface area contributed by atoms with E-state index in [1.165, 1.54) is 12.8 Å². The maximum atomic E-state index is 5.41. The van der Waals surface area contributed by atoms with E-state index in [-0.39, 0.29) is 0 Å². The Morgan fingerprint density at radius 1 is 1.57 bits per heavy atom. The second-order valence-corrected chi connectivity index (χ2v) is 4.67. The monoisotopic (exact) mass is 193 g/mol. The molecule has 0 saturated heterocycles. The Labute approximate surface area is 85.7 Å². The maximum Gasteiger partial charge on any atom is 0.120 e. The number of nitrogens with one attached hydrogen (secondary N) is 1. The Bertz CT molecular complexity index is 275. The Hall–Kier alpha value is -0.760. The van der Waals surface area contributed by atoms with Crippen molar-refractivity contribution in [1.82, 2.24) is 5.32 Å². The number of furan rings is 1. The topological polar surface area (TPSA) is 25.2 Å². The largest absolute Gasteiger partial charge is 0.468 e. The summed E-state index contributed by atoms with van der Waals surface area (Å²) in [5, 5.41) is 3.58. The summed E-state index contributed by atoms with van der Waals surface area (Å²) in [6.07, 6.45) is 5.57. The minimum atomic E-state index is 0.391. The molecule has 1 atom stereocenters. The lowest BCUT2D eigenvalue weighted by Gasteiger charge is -2.17. The molecule has 2 heteroatoms. The van der Waals surface area contributed by atoms with E-state index in [4.69, 9.17) is 4.42 Å². The van der Waals surface area contributed by atoms with Crippen molar-refractivity contribution in [3.63, 3.8) is 0 Å². The van der Waals surface area contributed by atoms with E-state index in [1.807, 2.05) is 6.07 Å². The summed E-state index contributed by atoms with van der Waals surface area (Å²) in [5.41, 5.74) is 0.569. The highest BCUT2D eigenvalue weighted by atomic mass is 16.3. The molecule has 78 valence electrons. The van der Waals surface area contributed by atoms with Crippen LogP contribution < -0.4 is 5.32 Å². The van der Waals surface area contributed by atoms with E-state index in [0.717, 1.165) is 18.7 Å². The Morgan fingerprint density at radius 3 is 2.86 bits per heavy atom. The molecule has 2 rings (SSSR count). The van der Waals surface area contributed by atoms with Crippen molar-refractivity contribution in [2.24, 2.45) is 5.41 Å². The molecular weight excluding hydrogens is 174 g/mol. The third-order valence-corrected chi connectivity index (χ3v) is 3.17. The summed E-state index contributed by atoms with van der Waals surface area (Å²) in [6, 6.07) is 4.40. The molecule has 1 aromatic heterocycles. The minimum Gasteiger partial charge on any atom is -0.468 e. The van der Waals surface area contributed by atoms with Gasteiger partial charge in [-0.15, -0.1) is 0 Å². The first-order valence-corrected chi connectivity index (χ1v) is 5.50. The molecule has 1 unspecified atom stereocenters. The predicted octanol–water partition coefficient (Wildman–Crippen LogP) is 3.12. The first kappa shape index (κ1) is 9.78. The maximum absolute atomic E-state index is 5.41. The van der Waals surface area contributed by atoms with Gasteiger partial charge in [0.1, 0.15) is 5.76 Å².